The lowest BCUT2D eigenvalue weighted by molar-refractivity contribution is -0.123. The van der Waals surface area contributed by atoms with Gasteiger partial charge < -0.3 is 4.74 Å². The van der Waals surface area contributed by atoms with Gasteiger partial charge in [0.05, 0.1) is 20.8 Å². The lowest BCUT2D eigenvalue weighted by Gasteiger charge is -2.14. The first-order valence-corrected chi connectivity index (χ1v) is 9.54. The van der Waals surface area contributed by atoms with Crippen LogP contribution in [0, 0.1) is 6.92 Å². The molecule has 0 bridgehead atoms. The number of hydrogen-bond donors (Lipinski definition) is 1. The van der Waals surface area contributed by atoms with E-state index in [0.717, 1.165) is 11.1 Å². The Balaban J connectivity index is 2.04. The minimum absolute atomic E-state index is 0.144. The Hall–Kier alpha value is -1.75. The number of hydrogen-bond acceptors (Lipinski definition) is 3. The number of ether oxygens (including phenoxy) is 1. The molecule has 0 saturated heterocycles. The summed E-state index contributed by atoms with van der Waals surface area (Å²) in [5, 5.41) is 4.96. The fourth-order valence-corrected chi connectivity index (χ4v) is 3.10. The Labute approximate surface area is 174 Å². The van der Waals surface area contributed by atoms with Crippen LogP contribution in [0.3, 0.4) is 0 Å². The second-order valence-electron chi connectivity index (χ2n) is 6.44. The molecule has 0 saturated carbocycles. The first kappa shape index (κ1) is 21.5. The van der Waals surface area contributed by atoms with E-state index in [1.54, 1.807) is 19.1 Å². The minimum atomic E-state index is -0.373. The molecule has 7 heteroatoms. The van der Waals surface area contributed by atoms with Crippen LogP contribution >= 0.6 is 34.8 Å². The van der Waals surface area contributed by atoms with Crippen LogP contribution in [-0.4, -0.2) is 18.2 Å². The van der Waals surface area contributed by atoms with E-state index >= 15 is 0 Å². The van der Waals surface area contributed by atoms with Crippen molar-refractivity contribution in [3.05, 3.63) is 62.1 Å². The maximum Gasteiger partial charge on any atom is 0.277 e. The van der Waals surface area contributed by atoms with Crippen molar-refractivity contribution in [2.75, 3.05) is 6.61 Å². The SMILES string of the molecule is CC(=NNC(=O)COc1cc(C)ccc1C(C)C)c1ccc(Cl)c(Cl)c1Cl. The third-order valence-electron chi connectivity index (χ3n) is 3.92. The quantitative estimate of drug-likeness (QED) is 0.349. The molecule has 0 spiro atoms. The van der Waals surface area contributed by atoms with E-state index in [-0.39, 0.29) is 22.6 Å². The van der Waals surface area contributed by atoms with Gasteiger partial charge in [-0.25, -0.2) is 5.43 Å². The molecule has 0 radical (unpaired) electrons. The molecular weight excluding hydrogens is 407 g/mol. The number of nitrogens with zero attached hydrogens (tertiary/aromatic N) is 1. The number of carbonyl (C=O) groups is 1. The number of benzene rings is 2. The van der Waals surface area contributed by atoms with Gasteiger partial charge in [-0.1, -0.05) is 66.8 Å². The average Bonchev–Trinajstić information content (AvgIpc) is 2.62. The van der Waals surface area contributed by atoms with Gasteiger partial charge in [-0.2, -0.15) is 5.10 Å². The van der Waals surface area contributed by atoms with Crippen LogP contribution in [0.4, 0.5) is 0 Å². The Morgan fingerprint density at radius 1 is 1.15 bits per heavy atom. The lowest BCUT2D eigenvalue weighted by Crippen LogP contribution is -2.26. The van der Waals surface area contributed by atoms with Crippen LogP contribution in [-0.2, 0) is 4.79 Å². The van der Waals surface area contributed by atoms with Crippen molar-refractivity contribution in [3.8, 4) is 5.75 Å². The highest BCUT2D eigenvalue weighted by atomic mass is 35.5. The number of halogens is 3. The van der Waals surface area contributed by atoms with Gasteiger partial charge in [-0.3, -0.25) is 4.79 Å². The molecule has 0 aliphatic carbocycles. The third-order valence-corrected chi connectivity index (χ3v) is 5.22. The van der Waals surface area contributed by atoms with Crippen molar-refractivity contribution in [1.29, 1.82) is 0 Å². The van der Waals surface area contributed by atoms with E-state index in [4.69, 9.17) is 39.5 Å². The highest BCUT2D eigenvalue weighted by Gasteiger charge is 2.12. The summed E-state index contributed by atoms with van der Waals surface area (Å²) in [6.07, 6.45) is 0. The maximum absolute atomic E-state index is 12.1. The molecule has 0 aliphatic rings. The number of amides is 1. The molecule has 0 aliphatic heterocycles. The molecule has 2 aromatic carbocycles. The number of nitrogens with one attached hydrogen (secondary N) is 1. The van der Waals surface area contributed by atoms with E-state index in [1.165, 1.54) is 0 Å². The van der Waals surface area contributed by atoms with E-state index in [2.05, 4.69) is 24.4 Å². The highest BCUT2D eigenvalue weighted by molar-refractivity contribution is 6.49. The molecule has 27 heavy (non-hydrogen) atoms. The van der Waals surface area contributed by atoms with Crippen molar-refractivity contribution in [2.45, 2.75) is 33.6 Å². The summed E-state index contributed by atoms with van der Waals surface area (Å²) in [4.78, 5) is 12.1. The fourth-order valence-electron chi connectivity index (χ4n) is 2.43. The molecule has 0 unspecified atom stereocenters. The second kappa shape index (κ2) is 9.45. The van der Waals surface area contributed by atoms with E-state index < -0.39 is 0 Å². The molecule has 4 nitrogen and oxygen atoms in total. The van der Waals surface area contributed by atoms with Crippen LogP contribution in [0.1, 0.15) is 43.4 Å². The normalized spacial score (nSPS) is 11.6. The second-order valence-corrected chi connectivity index (χ2v) is 7.60. The molecule has 1 N–H and O–H groups in total. The zero-order valence-corrected chi connectivity index (χ0v) is 17.8. The van der Waals surface area contributed by atoms with E-state index in [1.807, 2.05) is 25.1 Å². The van der Waals surface area contributed by atoms with E-state index in [0.29, 0.717) is 28.0 Å². The Kier molecular flexibility index (Phi) is 7.54. The molecule has 2 aromatic rings. The molecule has 0 heterocycles. The summed E-state index contributed by atoms with van der Waals surface area (Å²) in [5.41, 5.74) is 5.68. The van der Waals surface area contributed by atoms with Gasteiger partial charge in [0.15, 0.2) is 6.61 Å². The van der Waals surface area contributed by atoms with E-state index in [9.17, 15) is 4.79 Å². The van der Waals surface area contributed by atoms with Gasteiger partial charge >= 0.3 is 0 Å². The highest BCUT2D eigenvalue weighted by Crippen LogP contribution is 2.33. The standard InChI is InChI=1S/C20H21Cl3N2O2/c1-11(2)14-6-5-12(3)9-17(14)27-10-18(26)25-24-13(4)15-7-8-16(21)20(23)19(15)22/h5-9,11H,10H2,1-4H3,(H,25,26). The van der Waals surface area contributed by atoms with Crippen molar-refractivity contribution < 1.29 is 9.53 Å². The number of aryl methyl sites for hydroxylation is 1. The number of carbonyl (C=O) groups excluding carboxylic acids is 1. The predicted octanol–water partition coefficient (Wildman–Crippen LogP) is 6.00. The zero-order valence-electron chi connectivity index (χ0n) is 15.6. The summed E-state index contributed by atoms with van der Waals surface area (Å²) >= 11 is 18.1. The molecule has 0 atom stereocenters. The van der Waals surface area contributed by atoms with Crippen molar-refractivity contribution >= 4 is 46.4 Å². The van der Waals surface area contributed by atoms with Crippen molar-refractivity contribution in [1.82, 2.24) is 5.43 Å². The van der Waals surface area contributed by atoms with Gasteiger partial charge in [-0.05, 0) is 43.0 Å². The van der Waals surface area contributed by atoms with Gasteiger partial charge in [0, 0.05) is 5.56 Å². The van der Waals surface area contributed by atoms with Gasteiger partial charge in [-0.15, -0.1) is 0 Å². The fraction of sp³-hybridized carbons (Fsp3) is 0.300. The number of hydrazone groups is 1. The first-order chi connectivity index (χ1) is 12.7. The largest absolute Gasteiger partial charge is 0.483 e. The number of rotatable bonds is 6. The third kappa shape index (κ3) is 5.61. The van der Waals surface area contributed by atoms with Gasteiger partial charge in [0.25, 0.3) is 5.91 Å². The Morgan fingerprint density at radius 2 is 1.85 bits per heavy atom. The van der Waals surface area contributed by atoms with Gasteiger partial charge in [0.2, 0.25) is 0 Å². The summed E-state index contributed by atoms with van der Waals surface area (Å²) < 4.78 is 5.69. The first-order valence-electron chi connectivity index (χ1n) is 8.41. The maximum atomic E-state index is 12.1. The summed E-state index contributed by atoms with van der Waals surface area (Å²) in [5.74, 6) is 0.621. The van der Waals surface area contributed by atoms with Gasteiger partial charge in [0.1, 0.15) is 5.75 Å². The monoisotopic (exact) mass is 426 g/mol. The van der Waals surface area contributed by atoms with Crippen LogP contribution in [0.5, 0.6) is 5.75 Å². The molecule has 1 amide bonds. The average molecular weight is 428 g/mol. The topological polar surface area (TPSA) is 50.7 Å². The molecule has 2 rings (SSSR count). The summed E-state index contributed by atoms with van der Waals surface area (Å²) in [6.45, 7) is 7.70. The predicted molar refractivity (Wildman–Crippen MR) is 113 cm³/mol. The summed E-state index contributed by atoms with van der Waals surface area (Å²) in [6, 6.07) is 9.28. The minimum Gasteiger partial charge on any atom is -0.483 e. The summed E-state index contributed by atoms with van der Waals surface area (Å²) in [7, 11) is 0. The van der Waals surface area contributed by atoms with Crippen LogP contribution < -0.4 is 10.2 Å². The van der Waals surface area contributed by atoms with Crippen LogP contribution in [0.25, 0.3) is 0 Å². The van der Waals surface area contributed by atoms with Crippen molar-refractivity contribution in [2.24, 2.45) is 5.10 Å². The van der Waals surface area contributed by atoms with Crippen molar-refractivity contribution in [3.63, 3.8) is 0 Å². The molecule has 0 aromatic heterocycles. The Morgan fingerprint density at radius 3 is 2.52 bits per heavy atom. The lowest BCUT2D eigenvalue weighted by atomic mass is 10.0. The van der Waals surface area contributed by atoms with Crippen LogP contribution in [0.15, 0.2) is 35.4 Å². The smallest absolute Gasteiger partial charge is 0.277 e. The molecule has 0 fully saturated rings. The zero-order chi connectivity index (χ0) is 20.1. The Bertz CT molecular complexity index is 880. The molecular formula is C20H21Cl3N2O2. The molecule has 144 valence electrons. The van der Waals surface area contributed by atoms with Crippen LogP contribution in [0.2, 0.25) is 15.1 Å².